The van der Waals surface area contributed by atoms with E-state index in [1.165, 1.54) is 38.8 Å². The highest BCUT2D eigenvalue weighted by molar-refractivity contribution is 7.16. The maximum absolute atomic E-state index is 6.09. The molecule has 0 N–H and O–H groups in total. The van der Waals surface area contributed by atoms with Crippen molar-refractivity contribution in [1.29, 1.82) is 0 Å². The summed E-state index contributed by atoms with van der Waals surface area (Å²) in [5.74, 6) is 0.458. The Kier molecular flexibility index (Phi) is 4.52. The Morgan fingerprint density at radius 2 is 2.00 bits per heavy atom. The van der Waals surface area contributed by atoms with Gasteiger partial charge in [-0.25, -0.2) is 4.98 Å². The molecule has 1 atom stereocenters. The van der Waals surface area contributed by atoms with Crippen LogP contribution in [0.2, 0.25) is 5.15 Å². The molecule has 2 fully saturated rings. The van der Waals surface area contributed by atoms with Crippen molar-refractivity contribution in [2.24, 2.45) is 0 Å². The molecule has 0 spiro atoms. The zero-order chi connectivity index (χ0) is 13.2. The number of piperidine rings is 1. The predicted octanol–water partition coefficient (Wildman–Crippen LogP) is 3.60. The minimum Gasteiger partial charge on any atom is -0.346 e. The van der Waals surface area contributed by atoms with Gasteiger partial charge in [0.05, 0.1) is 10.8 Å². The van der Waals surface area contributed by atoms with Gasteiger partial charge in [0.1, 0.15) is 5.15 Å². The van der Waals surface area contributed by atoms with Crippen LogP contribution in [-0.4, -0.2) is 42.1 Å². The molecule has 2 aliphatic rings. The molecule has 0 radical (unpaired) electrons. The lowest BCUT2D eigenvalue weighted by atomic mass is 10.1. The van der Waals surface area contributed by atoms with E-state index in [4.69, 9.17) is 23.2 Å². The fourth-order valence-corrected chi connectivity index (χ4v) is 4.54. The van der Waals surface area contributed by atoms with Crippen LogP contribution in [0.5, 0.6) is 0 Å². The van der Waals surface area contributed by atoms with Crippen molar-refractivity contribution >= 4 is 39.7 Å². The number of alkyl halides is 1. The first-order valence-electron chi connectivity index (χ1n) is 6.98. The van der Waals surface area contributed by atoms with Crippen LogP contribution in [0.1, 0.15) is 30.6 Å². The number of hydrogen-bond acceptors (Lipinski definition) is 4. The summed E-state index contributed by atoms with van der Waals surface area (Å²) in [5.41, 5.74) is 0. The quantitative estimate of drug-likeness (QED) is 0.793. The second-order valence-electron chi connectivity index (χ2n) is 5.33. The minimum atomic E-state index is 0.458. The van der Waals surface area contributed by atoms with Crippen molar-refractivity contribution < 1.29 is 0 Å². The van der Waals surface area contributed by atoms with Gasteiger partial charge in [-0.15, -0.1) is 11.6 Å². The first kappa shape index (κ1) is 13.9. The first-order chi connectivity index (χ1) is 9.28. The number of hydrogen-bond donors (Lipinski definition) is 0. The van der Waals surface area contributed by atoms with Gasteiger partial charge in [-0.2, -0.15) is 0 Å². The number of likely N-dealkylation sites (tertiary alicyclic amines) is 1. The van der Waals surface area contributed by atoms with Crippen LogP contribution in [0.4, 0.5) is 5.13 Å². The molecule has 0 aromatic carbocycles. The zero-order valence-corrected chi connectivity index (χ0v) is 13.3. The number of halogens is 2. The second kappa shape index (κ2) is 6.17. The molecule has 0 bridgehead atoms. The lowest BCUT2D eigenvalue weighted by molar-refractivity contribution is 0.175. The summed E-state index contributed by atoms with van der Waals surface area (Å²) >= 11 is 13.6. The summed E-state index contributed by atoms with van der Waals surface area (Å²) in [6.45, 7) is 4.71. The van der Waals surface area contributed by atoms with Crippen molar-refractivity contribution in [3.05, 3.63) is 10.0 Å². The monoisotopic (exact) mass is 319 g/mol. The summed E-state index contributed by atoms with van der Waals surface area (Å²) in [7, 11) is 0. The number of aromatic nitrogens is 1. The van der Waals surface area contributed by atoms with Gasteiger partial charge in [0.2, 0.25) is 0 Å². The molecule has 3 rings (SSSR count). The highest BCUT2D eigenvalue weighted by atomic mass is 35.5. The molecule has 106 valence electrons. The molecule has 19 heavy (non-hydrogen) atoms. The summed E-state index contributed by atoms with van der Waals surface area (Å²) in [5, 5.41) is 1.62. The molecule has 0 aliphatic carbocycles. The molecule has 3 nitrogen and oxygen atoms in total. The summed E-state index contributed by atoms with van der Waals surface area (Å²) in [6.07, 6.45) is 5.35. The van der Waals surface area contributed by atoms with E-state index in [0.29, 0.717) is 17.1 Å². The molecule has 1 aromatic heterocycles. The van der Waals surface area contributed by atoms with Crippen LogP contribution in [0.3, 0.4) is 0 Å². The zero-order valence-electron chi connectivity index (χ0n) is 10.9. The fraction of sp³-hybridized carbons (Fsp3) is 0.769. The Morgan fingerprint density at radius 1 is 1.21 bits per heavy atom. The van der Waals surface area contributed by atoms with Gasteiger partial charge < -0.3 is 4.90 Å². The SMILES string of the molecule is ClCc1sc(N2CCC(N3CCCCC3)C2)nc1Cl. The van der Waals surface area contributed by atoms with Crippen LogP contribution >= 0.6 is 34.5 Å². The first-order valence-corrected chi connectivity index (χ1v) is 8.71. The predicted molar refractivity (Wildman–Crippen MR) is 82.7 cm³/mol. The van der Waals surface area contributed by atoms with Crippen LogP contribution in [0.15, 0.2) is 0 Å². The van der Waals surface area contributed by atoms with Gasteiger partial charge in [0, 0.05) is 19.1 Å². The molecule has 1 aromatic rings. The Labute approximate surface area is 128 Å². The molecule has 0 saturated carbocycles. The van der Waals surface area contributed by atoms with E-state index >= 15 is 0 Å². The molecule has 6 heteroatoms. The molecule has 2 saturated heterocycles. The van der Waals surface area contributed by atoms with Crippen molar-refractivity contribution in [1.82, 2.24) is 9.88 Å². The van der Waals surface area contributed by atoms with Gasteiger partial charge in [-0.1, -0.05) is 29.4 Å². The smallest absolute Gasteiger partial charge is 0.187 e. The number of thiazole rings is 1. The molecular weight excluding hydrogens is 301 g/mol. The summed E-state index contributed by atoms with van der Waals surface area (Å²) in [6, 6.07) is 0.697. The lowest BCUT2D eigenvalue weighted by Crippen LogP contribution is -2.40. The van der Waals surface area contributed by atoms with Gasteiger partial charge in [0.25, 0.3) is 0 Å². The molecule has 0 amide bonds. The van der Waals surface area contributed by atoms with Crippen molar-refractivity contribution in [2.75, 3.05) is 31.1 Å². The van der Waals surface area contributed by atoms with Gasteiger partial charge in [-0.05, 0) is 32.4 Å². The average Bonchev–Trinajstić information content (AvgIpc) is 3.06. The van der Waals surface area contributed by atoms with Crippen LogP contribution in [-0.2, 0) is 5.88 Å². The molecule has 2 aliphatic heterocycles. The van der Waals surface area contributed by atoms with Crippen LogP contribution in [0, 0.1) is 0 Å². The molecule has 1 unspecified atom stereocenters. The van der Waals surface area contributed by atoms with E-state index in [0.717, 1.165) is 23.1 Å². The third-order valence-corrected chi connectivity index (χ3v) is 6.07. The van der Waals surface area contributed by atoms with E-state index in [2.05, 4.69) is 14.8 Å². The minimum absolute atomic E-state index is 0.458. The Hall–Kier alpha value is -0.0300. The maximum atomic E-state index is 6.09. The highest BCUT2D eigenvalue weighted by Crippen LogP contribution is 2.33. The molecular formula is C13H19Cl2N3S. The molecule has 3 heterocycles. The van der Waals surface area contributed by atoms with E-state index in [-0.39, 0.29) is 0 Å². The number of rotatable bonds is 3. The van der Waals surface area contributed by atoms with Crippen molar-refractivity contribution in [3.8, 4) is 0 Å². The van der Waals surface area contributed by atoms with Gasteiger partial charge in [0.15, 0.2) is 5.13 Å². The summed E-state index contributed by atoms with van der Waals surface area (Å²) in [4.78, 5) is 10.5. The largest absolute Gasteiger partial charge is 0.346 e. The van der Waals surface area contributed by atoms with Crippen LogP contribution in [0.25, 0.3) is 0 Å². The van der Waals surface area contributed by atoms with E-state index in [1.807, 2.05) is 0 Å². The third-order valence-electron chi connectivity index (χ3n) is 4.10. The maximum Gasteiger partial charge on any atom is 0.187 e. The highest BCUT2D eigenvalue weighted by Gasteiger charge is 2.30. The Morgan fingerprint density at radius 3 is 2.68 bits per heavy atom. The standard InChI is InChI=1S/C13H19Cl2N3S/c14-8-11-12(15)16-13(19-11)18-7-4-10(9-18)17-5-2-1-3-6-17/h10H,1-9H2. The van der Waals surface area contributed by atoms with Crippen molar-refractivity contribution in [3.63, 3.8) is 0 Å². The lowest BCUT2D eigenvalue weighted by Gasteiger charge is -2.32. The Bertz CT molecular complexity index is 432. The average molecular weight is 320 g/mol. The normalized spacial score (nSPS) is 25.2. The third kappa shape index (κ3) is 3.02. The second-order valence-corrected chi connectivity index (χ2v) is 7.02. The van der Waals surface area contributed by atoms with Gasteiger partial charge in [-0.3, -0.25) is 4.90 Å². The van der Waals surface area contributed by atoms with E-state index in [1.54, 1.807) is 11.3 Å². The Balaban J connectivity index is 1.64. The van der Waals surface area contributed by atoms with Crippen molar-refractivity contribution in [2.45, 2.75) is 37.6 Å². The fourth-order valence-electron chi connectivity index (χ4n) is 3.04. The number of anilines is 1. The van der Waals surface area contributed by atoms with Crippen LogP contribution < -0.4 is 4.90 Å². The topological polar surface area (TPSA) is 19.4 Å². The van der Waals surface area contributed by atoms with E-state index in [9.17, 15) is 0 Å². The van der Waals surface area contributed by atoms with Gasteiger partial charge >= 0.3 is 0 Å². The van der Waals surface area contributed by atoms with E-state index < -0.39 is 0 Å². The summed E-state index contributed by atoms with van der Waals surface area (Å²) < 4.78 is 0. The number of nitrogens with zero attached hydrogens (tertiary/aromatic N) is 3.